The van der Waals surface area contributed by atoms with Crippen molar-refractivity contribution >= 4 is 5.96 Å². The first-order valence-electron chi connectivity index (χ1n) is 9.27. The van der Waals surface area contributed by atoms with Crippen LogP contribution in [0, 0.1) is 13.8 Å². The highest BCUT2D eigenvalue weighted by molar-refractivity contribution is 5.79. The smallest absolute Gasteiger partial charge is 0.191 e. The standard InChI is InChI=1S/C20H31N5O2/c1-16-6-7-18(19(12-16)27-11-5-10-26-4)14-23-20(21-3)22-8-9-25-15-17(2)13-24-25/h6-7,12-13,15H,5,8-11,14H2,1-4H3,(H2,21,22,23). The molecular formula is C20H31N5O2. The highest BCUT2D eigenvalue weighted by Gasteiger charge is 2.06. The fraction of sp³-hybridized carbons (Fsp3) is 0.500. The number of aryl methyl sites for hydroxylation is 2. The van der Waals surface area contributed by atoms with Gasteiger partial charge < -0.3 is 20.1 Å². The molecule has 2 N–H and O–H groups in total. The molecule has 0 radical (unpaired) electrons. The second-order valence-electron chi connectivity index (χ2n) is 6.44. The summed E-state index contributed by atoms with van der Waals surface area (Å²) in [4.78, 5) is 4.28. The van der Waals surface area contributed by atoms with E-state index in [0.717, 1.165) is 42.3 Å². The summed E-state index contributed by atoms with van der Waals surface area (Å²) in [6, 6.07) is 6.25. The molecule has 7 heteroatoms. The monoisotopic (exact) mass is 373 g/mol. The van der Waals surface area contributed by atoms with E-state index in [9.17, 15) is 0 Å². The molecule has 0 fully saturated rings. The molecule has 7 nitrogen and oxygen atoms in total. The molecule has 1 aromatic heterocycles. The van der Waals surface area contributed by atoms with Crippen molar-refractivity contribution in [2.75, 3.05) is 33.9 Å². The summed E-state index contributed by atoms with van der Waals surface area (Å²) in [5.41, 5.74) is 3.44. The minimum absolute atomic E-state index is 0.639. The lowest BCUT2D eigenvalue weighted by atomic mass is 10.1. The van der Waals surface area contributed by atoms with Crippen molar-refractivity contribution in [1.82, 2.24) is 20.4 Å². The van der Waals surface area contributed by atoms with Gasteiger partial charge in [-0.25, -0.2) is 0 Å². The quantitative estimate of drug-likeness (QED) is 0.380. The van der Waals surface area contributed by atoms with E-state index in [4.69, 9.17) is 9.47 Å². The maximum atomic E-state index is 5.94. The van der Waals surface area contributed by atoms with Crippen molar-refractivity contribution in [3.8, 4) is 5.75 Å². The molecule has 0 spiro atoms. The van der Waals surface area contributed by atoms with Gasteiger partial charge in [0.05, 0.1) is 19.3 Å². The van der Waals surface area contributed by atoms with Gasteiger partial charge in [0.15, 0.2) is 5.96 Å². The number of nitrogens with zero attached hydrogens (tertiary/aromatic N) is 3. The predicted octanol–water partition coefficient (Wildman–Crippen LogP) is 2.28. The number of aromatic nitrogens is 2. The van der Waals surface area contributed by atoms with Gasteiger partial charge in [0, 0.05) is 52.0 Å². The molecule has 1 heterocycles. The SMILES string of the molecule is CN=C(NCCn1cc(C)cn1)NCc1ccc(C)cc1OCCCOC. The molecule has 0 atom stereocenters. The van der Waals surface area contributed by atoms with Crippen LogP contribution in [-0.4, -0.2) is 49.7 Å². The van der Waals surface area contributed by atoms with Crippen LogP contribution in [-0.2, 0) is 17.8 Å². The molecule has 0 aliphatic carbocycles. The van der Waals surface area contributed by atoms with Crippen molar-refractivity contribution in [1.29, 1.82) is 0 Å². The number of nitrogens with one attached hydrogen (secondary N) is 2. The van der Waals surface area contributed by atoms with Gasteiger partial charge in [-0.3, -0.25) is 9.67 Å². The summed E-state index contributed by atoms with van der Waals surface area (Å²) in [5.74, 6) is 1.66. The second kappa shape index (κ2) is 11.2. The number of rotatable bonds is 10. The number of aliphatic imine (C=N–C) groups is 1. The summed E-state index contributed by atoms with van der Waals surface area (Å²) < 4.78 is 12.9. The third kappa shape index (κ3) is 7.30. The van der Waals surface area contributed by atoms with Crippen molar-refractivity contribution in [3.63, 3.8) is 0 Å². The van der Waals surface area contributed by atoms with Crippen molar-refractivity contribution in [2.45, 2.75) is 33.4 Å². The number of ether oxygens (including phenoxy) is 2. The van der Waals surface area contributed by atoms with Crippen LogP contribution in [0.4, 0.5) is 0 Å². The van der Waals surface area contributed by atoms with E-state index in [0.29, 0.717) is 19.8 Å². The highest BCUT2D eigenvalue weighted by Crippen LogP contribution is 2.20. The Kier molecular flexibility index (Phi) is 8.64. The van der Waals surface area contributed by atoms with Gasteiger partial charge in [-0.2, -0.15) is 5.10 Å². The van der Waals surface area contributed by atoms with Crippen LogP contribution in [0.3, 0.4) is 0 Å². The summed E-state index contributed by atoms with van der Waals surface area (Å²) in [5, 5.41) is 10.9. The van der Waals surface area contributed by atoms with Crippen LogP contribution in [0.15, 0.2) is 35.6 Å². The Morgan fingerprint density at radius 1 is 1.19 bits per heavy atom. The topological polar surface area (TPSA) is 72.7 Å². The van der Waals surface area contributed by atoms with E-state index in [1.165, 1.54) is 5.56 Å². The number of hydrogen-bond acceptors (Lipinski definition) is 4. The molecule has 0 saturated carbocycles. The van der Waals surface area contributed by atoms with Crippen molar-refractivity contribution in [3.05, 3.63) is 47.3 Å². The van der Waals surface area contributed by atoms with Gasteiger partial charge in [-0.1, -0.05) is 12.1 Å². The minimum Gasteiger partial charge on any atom is -0.493 e. The van der Waals surface area contributed by atoms with E-state index in [1.54, 1.807) is 14.2 Å². The lowest BCUT2D eigenvalue weighted by molar-refractivity contribution is 0.172. The second-order valence-corrected chi connectivity index (χ2v) is 6.44. The largest absolute Gasteiger partial charge is 0.493 e. The maximum Gasteiger partial charge on any atom is 0.191 e. The Bertz CT molecular complexity index is 727. The molecule has 0 unspecified atom stereocenters. The van der Waals surface area contributed by atoms with Gasteiger partial charge in [-0.15, -0.1) is 0 Å². The Morgan fingerprint density at radius 2 is 2.04 bits per heavy atom. The van der Waals surface area contributed by atoms with Crippen molar-refractivity contribution < 1.29 is 9.47 Å². The molecule has 148 valence electrons. The van der Waals surface area contributed by atoms with Crippen LogP contribution >= 0.6 is 0 Å². The van der Waals surface area contributed by atoms with E-state index in [1.807, 2.05) is 24.0 Å². The van der Waals surface area contributed by atoms with Gasteiger partial charge in [0.25, 0.3) is 0 Å². The first kappa shape index (κ1) is 20.8. The third-order valence-electron chi connectivity index (χ3n) is 4.04. The summed E-state index contributed by atoms with van der Waals surface area (Å²) in [6.07, 6.45) is 4.75. The normalized spacial score (nSPS) is 11.5. The molecule has 2 aromatic rings. The third-order valence-corrected chi connectivity index (χ3v) is 4.04. The lowest BCUT2D eigenvalue weighted by Gasteiger charge is -2.15. The highest BCUT2D eigenvalue weighted by atomic mass is 16.5. The van der Waals surface area contributed by atoms with E-state index >= 15 is 0 Å². The van der Waals surface area contributed by atoms with Crippen LogP contribution in [0.2, 0.25) is 0 Å². The Balaban J connectivity index is 1.83. The summed E-state index contributed by atoms with van der Waals surface area (Å²) >= 11 is 0. The molecule has 0 bridgehead atoms. The average Bonchev–Trinajstić information content (AvgIpc) is 3.08. The zero-order valence-corrected chi connectivity index (χ0v) is 16.8. The summed E-state index contributed by atoms with van der Waals surface area (Å²) in [7, 11) is 3.47. The fourth-order valence-corrected chi connectivity index (χ4v) is 2.61. The molecule has 1 aromatic carbocycles. The Morgan fingerprint density at radius 3 is 2.74 bits per heavy atom. The molecular weight excluding hydrogens is 342 g/mol. The van der Waals surface area contributed by atoms with Crippen molar-refractivity contribution in [2.24, 2.45) is 4.99 Å². The Labute approximate surface area is 161 Å². The van der Waals surface area contributed by atoms with Crippen LogP contribution in [0.25, 0.3) is 0 Å². The number of methoxy groups -OCH3 is 1. The Hall–Kier alpha value is -2.54. The van der Waals surface area contributed by atoms with E-state index in [2.05, 4.69) is 45.8 Å². The fourth-order valence-electron chi connectivity index (χ4n) is 2.61. The van der Waals surface area contributed by atoms with E-state index in [-0.39, 0.29) is 0 Å². The molecule has 0 saturated heterocycles. The number of benzene rings is 1. The maximum absolute atomic E-state index is 5.94. The van der Waals surface area contributed by atoms with Gasteiger partial charge in [-0.05, 0) is 31.0 Å². The van der Waals surface area contributed by atoms with Gasteiger partial charge in [0.1, 0.15) is 5.75 Å². The van der Waals surface area contributed by atoms with Crippen LogP contribution in [0.5, 0.6) is 5.75 Å². The molecule has 0 aliphatic rings. The van der Waals surface area contributed by atoms with E-state index < -0.39 is 0 Å². The molecule has 2 rings (SSSR count). The molecule has 27 heavy (non-hydrogen) atoms. The average molecular weight is 374 g/mol. The first-order chi connectivity index (χ1) is 13.1. The van der Waals surface area contributed by atoms with Gasteiger partial charge >= 0.3 is 0 Å². The van der Waals surface area contributed by atoms with Crippen LogP contribution in [0.1, 0.15) is 23.1 Å². The molecule has 0 aliphatic heterocycles. The zero-order valence-electron chi connectivity index (χ0n) is 16.8. The summed E-state index contributed by atoms with van der Waals surface area (Å²) in [6.45, 7) is 7.61. The van der Waals surface area contributed by atoms with Gasteiger partial charge in [0.2, 0.25) is 0 Å². The zero-order chi connectivity index (χ0) is 19.5. The number of hydrogen-bond donors (Lipinski definition) is 2. The van der Waals surface area contributed by atoms with Crippen LogP contribution < -0.4 is 15.4 Å². The number of guanidine groups is 1. The lowest BCUT2D eigenvalue weighted by Crippen LogP contribution is -2.38. The molecule has 0 amide bonds. The first-order valence-corrected chi connectivity index (χ1v) is 9.27. The predicted molar refractivity (Wildman–Crippen MR) is 108 cm³/mol. The minimum atomic E-state index is 0.639.